The maximum Gasteiger partial charge on any atom is 0.180 e. The van der Waals surface area contributed by atoms with Crippen LogP contribution in [0.4, 0.5) is 0 Å². The Kier molecular flexibility index (Phi) is 6.04. The van der Waals surface area contributed by atoms with Gasteiger partial charge in [0.05, 0.1) is 12.6 Å². The monoisotopic (exact) mass is 219 g/mol. The van der Waals surface area contributed by atoms with Crippen LogP contribution in [0.15, 0.2) is 12.5 Å². The van der Waals surface area contributed by atoms with Crippen LogP contribution in [0.25, 0.3) is 0 Å². The fourth-order valence-corrected chi connectivity index (χ4v) is 1.56. The van der Waals surface area contributed by atoms with Gasteiger partial charge in [-0.05, 0) is 33.6 Å². The van der Waals surface area contributed by atoms with E-state index in [1.807, 2.05) is 27.0 Å². The highest BCUT2D eigenvalue weighted by Gasteiger charge is 2.14. The van der Waals surface area contributed by atoms with Crippen molar-refractivity contribution in [1.82, 2.24) is 5.32 Å². The van der Waals surface area contributed by atoms with Crippen molar-refractivity contribution in [3.05, 3.63) is 12.5 Å². The smallest absolute Gasteiger partial charge is 0.180 e. The predicted octanol–water partition coefficient (Wildman–Crippen LogP) is 1.59. The van der Waals surface area contributed by atoms with Gasteiger partial charge in [-0.1, -0.05) is 0 Å². The Labute approximate surface area is 90.9 Å². The van der Waals surface area contributed by atoms with Crippen LogP contribution in [0.2, 0.25) is 0 Å². The largest absolute Gasteiger partial charge is 0.474 e. The minimum Gasteiger partial charge on any atom is -0.474 e. The predicted molar refractivity (Wildman–Crippen MR) is 62.4 cm³/mol. The van der Waals surface area contributed by atoms with Crippen LogP contribution in [0.1, 0.15) is 20.8 Å². The molecule has 0 aromatic carbocycles. The fraction of sp³-hybridized carbons (Fsp3) is 0.800. The van der Waals surface area contributed by atoms with E-state index in [2.05, 4.69) is 11.9 Å². The third-order valence-corrected chi connectivity index (χ3v) is 2.12. The Balaban J connectivity index is 3.91. The van der Waals surface area contributed by atoms with Crippen LogP contribution in [0.3, 0.4) is 0 Å². The van der Waals surface area contributed by atoms with Crippen molar-refractivity contribution in [3.63, 3.8) is 0 Å². The second-order valence-corrected chi connectivity index (χ2v) is 5.03. The lowest BCUT2D eigenvalue weighted by Crippen LogP contribution is -2.36. The molecule has 0 spiro atoms. The minimum atomic E-state index is -0.247. The summed E-state index contributed by atoms with van der Waals surface area (Å²) in [6, 6.07) is 0.0137. The summed E-state index contributed by atoms with van der Waals surface area (Å²) in [5.41, 5.74) is -0.247. The highest BCUT2D eigenvalue weighted by atomic mass is 32.2. The second kappa shape index (κ2) is 6.19. The van der Waals surface area contributed by atoms with Crippen molar-refractivity contribution in [2.45, 2.75) is 32.4 Å². The van der Waals surface area contributed by atoms with E-state index in [-0.39, 0.29) is 18.2 Å². The lowest BCUT2D eigenvalue weighted by molar-refractivity contribution is 0.0368. The Morgan fingerprint density at radius 2 is 2.14 bits per heavy atom. The zero-order valence-electron chi connectivity index (χ0n) is 9.46. The molecule has 0 bridgehead atoms. The molecule has 0 aliphatic heterocycles. The molecule has 14 heavy (non-hydrogen) atoms. The molecule has 84 valence electrons. The van der Waals surface area contributed by atoms with Gasteiger partial charge in [0, 0.05) is 5.75 Å². The first kappa shape index (κ1) is 13.7. The zero-order valence-corrected chi connectivity index (χ0v) is 10.3. The number of aliphatic hydroxyl groups excluding tert-OH is 1. The molecule has 0 aliphatic rings. The first-order valence-electron chi connectivity index (χ1n) is 4.63. The minimum absolute atomic E-state index is 0.0137. The highest BCUT2D eigenvalue weighted by Crippen LogP contribution is 2.11. The van der Waals surface area contributed by atoms with Gasteiger partial charge < -0.3 is 15.2 Å². The van der Waals surface area contributed by atoms with Crippen molar-refractivity contribution in [2.75, 3.05) is 18.6 Å². The van der Waals surface area contributed by atoms with E-state index >= 15 is 0 Å². The average molecular weight is 219 g/mol. The van der Waals surface area contributed by atoms with E-state index in [9.17, 15) is 0 Å². The van der Waals surface area contributed by atoms with Crippen LogP contribution >= 0.6 is 11.8 Å². The van der Waals surface area contributed by atoms with E-state index in [1.165, 1.54) is 0 Å². The Hall–Kier alpha value is -0.350. The van der Waals surface area contributed by atoms with Crippen molar-refractivity contribution < 1.29 is 9.84 Å². The summed E-state index contributed by atoms with van der Waals surface area (Å²) in [4.78, 5) is 0. The molecule has 0 aromatic heterocycles. The molecule has 4 heteroatoms. The zero-order chi connectivity index (χ0) is 11.2. The lowest BCUT2D eigenvalue weighted by atomic mass is 10.2. The number of nitrogens with one attached hydrogen (secondary N) is 1. The third-order valence-electron chi connectivity index (χ3n) is 1.38. The normalized spacial score (nSPS) is 13.5. The van der Waals surface area contributed by atoms with Crippen LogP contribution in [0, 0.1) is 0 Å². The van der Waals surface area contributed by atoms with Crippen LogP contribution in [-0.2, 0) is 4.74 Å². The molecule has 0 aromatic rings. The van der Waals surface area contributed by atoms with Crippen LogP contribution < -0.4 is 5.32 Å². The molecular formula is C10H21NO2S. The van der Waals surface area contributed by atoms with E-state index < -0.39 is 0 Å². The third kappa shape index (κ3) is 7.09. The van der Waals surface area contributed by atoms with E-state index in [0.29, 0.717) is 5.88 Å². The summed E-state index contributed by atoms with van der Waals surface area (Å²) >= 11 is 1.68. The van der Waals surface area contributed by atoms with Crippen LogP contribution in [0.5, 0.6) is 0 Å². The van der Waals surface area contributed by atoms with Crippen LogP contribution in [-0.4, -0.2) is 35.4 Å². The Morgan fingerprint density at radius 3 is 2.50 bits per heavy atom. The lowest BCUT2D eigenvalue weighted by Gasteiger charge is -2.26. The molecule has 0 radical (unpaired) electrons. The number of rotatable bonds is 6. The van der Waals surface area contributed by atoms with Gasteiger partial charge in [0.25, 0.3) is 0 Å². The topological polar surface area (TPSA) is 41.5 Å². The van der Waals surface area contributed by atoms with Crippen molar-refractivity contribution in [2.24, 2.45) is 0 Å². The quantitative estimate of drug-likeness (QED) is 0.666. The number of aliphatic hydroxyl groups is 1. The number of ether oxygens (including phenoxy) is 1. The van der Waals surface area contributed by atoms with Crippen molar-refractivity contribution in [3.8, 4) is 0 Å². The summed E-state index contributed by atoms with van der Waals surface area (Å²) in [5.74, 6) is 1.36. The molecule has 0 saturated heterocycles. The SMILES string of the molecule is C=C(N[C@H](CO)CSC)OC(C)(C)C. The van der Waals surface area contributed by atoms with E-state index in [0.717, 1.165) is 5.75 Å². The van der Waals surface area contributed by atoms with Gasteiger partial charge >= 0.3 is 0 Å². The number of hydrogen-bond acceptors (Lipinski definition) is 4. The van der Waals surface area contributed by atoms with E-state index in [1.54, 1.807) is 11.8 Å². The second-order valence-electron chi connectivity index (χ2n) is 4.12. The molecule has 0 saturated carbocycles. The van der Waals surface area contributed by atoms with Gasteiger partial charge in [-0.3, -0.25) is 0 Å². The van der Waals surface area contributed by atoms with Crippen molar-refractivity contribution in [1.29, 1.82) is 0 Å². The van der Waals surface area contributed by atoms with Gasteiger partial charge in [-0.25, -0.2) is 0 Å². The molecule has 2 N–H and O–H groups in total. The molecule has 3 nitrogen and oxygen atoms in total. The average Bonchev–Trinajstić information content (AvgIpc) is 2.00. The van der Waals surface area contributed by atoms with Gasteiger partial charge in [0.1, 0.15) is 5.60 Å². The van der Waals surface area contributed by atoms with Gasteiger partial charge in [-0.2, -0.15) is 11.8 Å². The molecule has 0 amide bonds. The van der Waals surface area contributed by atoms with Gasteiger partial charge in [0.15, 0.2) is 5.88 Å². The highest BCUT2D eigenvalue weighted by molar-refractivity contribution is 7.98. The summed E-state index contributed by atoms with van der Waals surface area (Å²) < 4.78 is 5.49. The number of thioether (sulfide) groups is 1. The maximum atomic E-state index is 9.03. The molecule has 0 heterocycles. The summed E-state index contributed by atoms with van der Waals surface area (Å²) in [7, 11) is 0. The molecule has 0 aliphatic carbocycles. The first-order chi connectivity index (χ1) is 6.39. The number of hydrogen-bond donors (Lipinski definition) is 2. The summed E-state index contributed by atoms with van der Waals surface area (Å²) in [5, 5.41) is 12.1. The Morgan fingerprint density at radius 1 is 1.57 bits per heavy atom. The standard InChI is InChI=1S/C10H21NO2S/c1-8(13-10(2,3)4)11-9(6-12)7-14-5/h9,11-12H,1,6-7H2,2-5H3/t9-/m1/s1. The maximum absolute atomic E-state index is 9.03. The molecule has 1 atom stereocenters. The fourth-order valence-electron chi connectivity index (χ4n) is 0.968. The first-order valence-corrected chi connectivity index (χ1v) is 6.02. The van der Waals surface area contributed by atoms with Crippen molar-refractivity contribution >= 4 is 11.8 Å². The molecule has 0 rings (SSSR count). The van der Waals surface area contributed by atoms with Gasteiger partial charge in [-0.15, -0.1) is 0 Å². The summed E-state index contributed by atoms with van der Waals surface area (Å²) in [6.07, 6.45) is 2.00. The summed E-state index contributed by atoms with van der Waals surface area (Å²) in [6.45, 7) is 9.73. The Bertz CT molecular complexity index is 177. The molecular weight excluding hydrogens is 198 g/mol. The van der Waals surface area contributed by atoms with Gasteiger partial charge in [0.2, 0.25) is 0 Å². The van der Waals surface area contributed by atoms with E-state index in [4.69, 9.17) is 9.84 Å². The molecule has 0 unspecified atom stereocenters. The molecule has 0 fully saturated rings.